The van der Waals surface area contributed by atoms with Gasteiger partial charge in [0.15, 0.2) is 5.69 Å². The summed E-state index contributed by atoms with van der Waals surface area (Å²) in [6.07, 6.45) is -0.366. The van der Waals surface area contributed by atoms with Gasteiger partial charge >= 0.3 is 6.18 Å². The van der Waals surface area contributed by atoms with Crippen LogP contribution in [0.25, 0.3) is 0 Å². The molecule has 1 saturated carbocycles. The second-order valence-corrected chi connectivity index (χ2v) is 4.34. The van der Waals surface area contributed by atoms with E-state index in [2.05, 4.69) is 20.6 Å². The molecule has 0 amide bonds. The number of nitrogens with zero attached hydrogens (tertiary/aromatic N) is 2. The Bertz CT molecular complexity index is 413. The lowest BCUT2D eigenvalue weighted by Crippen LogP contribution is -2.19. The van der Waals surface area contributed by atoms with Crippen molar-refractivity contribution in [3.63, 3.8) is 0 Å². The molecule has 1 aliphatic rings. The summed E-state index contributed by atoms with van der Waals surface area (Å²) in [4.78, 5) is 7.52. The van der Waals surface area contributed by atoms with Crippen molar-refractivity contribution in [1.29, 1.82) is 0 Å². The summed E-state index contributed by atoms with van der Waals surface area (Å²) >= 11 is 0. The van der Waals surface area contributed by atoms with E-state index in [4.69, 9.17) is 0 Å². The van der Waals surface area contributed by atoms with Gasteiger partial charge in [0.05, 0.1) is 0 Å². The maximum absolute atomic E-state index is 12.7. The Morgan fingerprint density at radius 1 is 1.22 bits per heavy atom. The summed E-state index contributed by atoms with van der Waals surface area (Å²) in [6, 6.07) is 1.08. The second kappa shape index (κ2) is 4.99. The highest BCUT2D eigenvalue weighted by atomic mass is 19.4. The van der Waals surface area contributed by atoms with Crippen LogP contribution in [0.3, 0.4) is 0 Å². The van der Waals surface area contributed by atoms with E-state index in [9.17, 15) is 13.2 Å². The van der Waals surface area contributed by atoms with Gasteiger partial charge in [0.2, 0.25) is 5.95 Å². The molecule has 0 aromatic carbocycles. The molecule has 0 radical (unpaired) electrons. The Hall–Kier alpha value is -1.53. The van der Waals surface area contributed by atoms with Gasteiger partial charge in [0.25, 0.3) is 0 Å². The summed E-state index contributed by atoms with van der Waals surface area (Å²) in [5.41, 5.74) is -0.928. The maximum Gasteiger partial charge on any atom is 0.433 e. The standard InChI is InChI=1S/C11H15F3N4/c1-15-9-6-8(11(12,13)14)17-10(18-9)16-7-4-2-3-5-7/h6-7H,2-5H2,1H3,(H2,15,16,17,18). The van der Waals surface area contributed by atoms with Gasteiger partial charge in [0.1, 0.15) is 5.82 Å². The average Bonchev–Trinajstić information content (AvgIpc) is 2.80. The van der Waals surface area contributed by atoms with Crippen LogP contribution in [0, 0.1) is 0 Å². The van der Waals surface area contributed by atoms with E-state index < -0.39 is 11.9 Å². The van der Waals surface area contributed by atoms with E-state index in [0.717, 1.165) is 31.7 Å². The summed E-state index contributed by atoms with van der Waals surface area (Å²) in [7, 11) is 1.53. The van der Waals surface area contributed by atoms with Gasteiger partial charge in [-0.15, -0.1) is 0 Å². The van der Waals surface area contributed by atoms with Gasteiger partial charge in [-0.2, -0.15) is 18.2 Å². The number of anilines is 2. The first-order valence-electron chi connectivity index (χ1n) is 5.89. The van der Waals surface area contributed by atoms with Crippen LogP contribution in [-0.4, -0.2) is 23.1 Å². The van der Waals surface area contributed by atoms with Crippen LogP contribution in [0.15, 0.2) is 6.07 Å². The van der Waals surface area contributed by atoms with E-state index in [1.807, 2.05) is 0 Å². The smallest absolute Gasteiger partial charge is 0.373 e. The molecule has 0 saturated heterocycles. The van der Waals surface area contributed by atoms with Crippen LogP contribution < -0.4 is 10.6 Å². The fourth-order valence-corrected chi connectivity index (χ4v) is 2.04. The molecular formula is C11H15F3N4. The molecule has 0 spiro atoms. The summed E-state index contributed by atoms with van der Waals surface area (Å²) in [5, 5.41) is 5.58. The largest absolute Gasteiger partial charge is 0.433 e. The van der Waals surface area contributed by atoms with Crippen molar-refractivity contribution in [3.05, 3.63) is 11.8 Å². The molecule has 1 heterocycles. The number of hydrogen-bond donors (Lipinski definition) is 2. The molecule has 1 aromatic rings. The maximum atomic E-state index is 12.7. The van der Waals surface area contributed by atoms with Crippen LogP contribution in [-0.2, 0) is 6.18 Å². The Morgan fingerprint density at radius 3 is 2.44 bits per heavy atom. The average molecular weight is 260 g/mol. The van der Waals surface area contributed by atoms with Gasteiger partial charge in [-0.1, -0.05) is 12.8 Å². The number of alkyl halides is 3. The third-order valence-corrected chi connectivity index (χ3v) is 2.96. The molecule has 7 heteroatoms. The minimum atomic E-state index is -4.46. The molecule has 100 valence electrons. The van der Waals surface area contributed by atoms with Crippen LogP contribution in [0.5, 0.6) is 0 Å². The highest BCUT2D eigenvalue weighted by Crippen LogP contribution is 2.30. The minimum Gasteiger partial charge on any atom is -0.373 e. The zero-order chi connectivity index (χ0) is 13.2. The van der Waals surface area contributed by atoms with Crippen LogP contribution in [0.4, 0.5) is 24.9 Å². The van der Waals surface area contributed by atoms with E-state index >= 15 is 0 Å². The predicted octanol–water partition coefficient (Wildman–Crippen LogP) is 2.89. The van der Waals surface area contributed by atoms with Crippen molar-refractivity contribution in [2.24, 2.45) is 0 Å². The lowest BCUT2D eigenvalue weighted by molar-refractivity contribution is -0.141. The molecule has 0 aliphatic heterocycles. The highest BCUT2D eigenvalue weighted by molar-refractivity contribution is 5.43. The SMILES string of the molecule is CNc1cc(C(F)(F)F)nc(NC2CCCC2)n1. The van der Waals surface area contributed by atoms with Gasteiger partial charge in [-0.3, -0.25) is 0 Å². The van der Waals surface area contributed by atoms with Gasteiger partial charge < -0.3 is 10.6 Å². The first kappa shape index (κ1) is 12.9. The van der Waals surface area contributed by atoms with Crippen molar-refractivity contribution < 1.29 is 13.2 Å². The second-order valence-electron chi connectivity index (χ2n) is 4.34. The van der Waals surface area contributed by atoms with Crippen LogP contribution in [0.1, 0.15) is 31.4 Å². The molecule has 0 unspecified atom stereocenters. The van der Waals surface area contributed by atoms with E-state index in [1.54, 1.807) is 0 Å². The fourth-order valence-electron chi connectivity index (χ4n) is 2.04. The number of nitrogens with one attached hydrogen (secondary N) is 2. The van der Waals surface area contributed by atoms with E-state index in [-0.39, 0.29) is 17.8 Å². The Morgan fingerprint density at radius 2 is 1.89 bits per heavy atom. The molecule has 4 nitrogen and oxygen atoms in total. The number of halogens is 3. The molecule has 1 fully saturated rings. The van der Waals surface area contributed by atoms with Crippen molar-refractivity contribution in [2.75, 3.05) is 17.7 Å². The predicted molar refractivity (Wildman–Crippen MR) is 62.5 cm³/mol. The van der Waals surface area contributed by atoms with Crippen molar-refractivity contribution in [1.82, 2.24) is 9.97 Å². The monoisotopic (exact) mass is 260 g/mol. The van der Waals surface area contributed by atoms with Crippen molar-refractivity contribution in [3.8, 4) is 0 Å². The van der Waals surface area contributed by atoms with E-state index in [1.165, 1.54) is 7.05 Å². The molecule has 0 bridgehead atoms. The van der Waals surface area contributed by atoms with E-state index in [0.29, 0.717) is 0 Å². The normalized spacial score (nSPS) is 16.9. The molecular weight excluding hydrogens is 245 g/mol. The molecule has 2 rings (SSSR count). The Labute approximate surface area is 103 Å². The number of hydrogen-bond acceptors (Lipinski definition) is 4. The van der Waals surface area contributed by atoms with Crippen LogP contribution >= 0.6 is 0 Å². The third kappa shape index (κ3) is 3.02. The molecule has 2 N–H and O–H groups in total. The summed E-state index contributed by atoms with van der Waals surface area (Å²) < 4.78 is 38.0. The zero-order valence-electron chi connectivity index (χ0n) is 10.0. The first-order valence-corrected chi connectivity index (χ1v) is 5.89. The van der Waals surface area contributed by atoms with Crippen molar-refractivity contribution >= 4 is 11.8 Å². The summed E-state index contributed by atoms with van der Waals surface area (Å²) in [6.45, 7) is 0. The Kier molecular flexibility index (Phi) is 3.58. The molecule has 0 atom stereocenters. The number of aromatic nitrogens is 2. The van der Waals surface area contributed by atoms with Gasteiger partial charge in [0, 0.05) is 19.2 Å². The minimum absolute atomic E-state index is 0.0427. The van der Waals surface area contributed by atoms with Crippen LogP contribution in [0.2, 0.25) is 0 Å². The summed E-state index contributed by atoms with van der Waals surface area (Å²) in [5.74, 6) is 0.207. The van der Waals surface area contributed by atoms with Gasteiger partial charge in [-0.05, 0) is 12.8 Å². The molecule has 1 aliphatic carbocycles. The third-order valence-electron chi connectivity index (χ3n) is 2.96. The van der Waals surface area contributed by atoms with Crippen molar-refractivity contribution in [2.45, 2.75) is 37.9 Å². The lowest BCUT2D eigenvalue weighted by atomic mass is 10.2. The zero-order valence-corrected chi connectivity index (χ0v) is 10.0. The lowest BCUT2D eigenvalue weighted by Gasteiger charge is -2.14. The first-order chi connectivity index (χ1) is 8.49. The van der Waals surface area contributed by atoms with Gasteiger partial charge in [-0.25, -0.2) is 4.98 Å². The quantitative estimate of drug-likeness (QED) is 0.877. The molecule has 1 aromatic heterocycles. The molecule has 18 heavy (non-hydrogen) atoms. The topological polar surface area (TPSA) is 49.8 Å². The highest BCUT2D eigenvalue weighted by Gasteiger charge is 2.34. The fraction of sp³-hybridized carbons (Fsp3) is 0.636. The Balaban J connectivity index is 2.23. The number of rotatable bonds is 3.